The normalized spacial score (nSPS) is 10.4. The van der Waals surface area contributed by atoms with Gasteiger partial charge in [-0.3, -0.25) is 0 Å². The predicted molar refractivity (Wildman–Crippen MR) is 77.8 cm³/mol. The lowest BCUT2D eigenvalue weighted by Gasteiger charge is -2.10. The van der Waals surface area contributed by atoms with Crippen LogP contribution >= 0.6 is 34.8 Å². The van der Waals surface area contributed by atoms with Crippen molar-refractivity contribution in [3.63, 3.8) is 0 Å². The molecule has 1 aromatic heterocycles. The molecule has 0 unspecified atom stereocenters. The number of rotatable bonds is 3. The number of nitrogens with zero attached hydrogens (tertiary/aromatic N) is 1. The molecule has 2 rings (SSSR count). The summed E-state index contributed by atoms with van der Waals surface area (Å²) in [5.41, 5.74) is 1.26. The fourth-order valence-electron chi connectivity index (χ4n) is 1.59. The van der Waals surface area contributed by atoms with Crippen LogP contribution in [0.2, 0.25) is 15.2 Å². The summed E-state index contributed by atoms with van der Waals surface area (Å²) in [5, 5.41) is 0.915. The maximum absolute atomic E-state index is 6.14. The van der Waals surface area contributed by atoms with Gasteiger partial charge in [-0.05, 0) is 18.2 Å². The van der Waals surface area contributed by atoms with Gasteiger partial charge in [-0.25, -0.2) is 4.98 Å². The Balaban J connectivity index is 2.61. The Kier molecular flexibility index (Phi) is 4.40. The number of methoxy groups -OCH3 is 2. The lowest BCUT2D eigenvalue weighted by atomic mass is 10.1. The summed E-state index contributed by atoms with van der Waals surface area (Å²) in [7, 11) is 3.14. The van der Waals surface area contributed by atoms with E-state index in [2.05, 4.69) is 4.98 Å². The van der Waals surface area contributed by atoms with E-state index in [1.165, 1.54) is 0 Å². The molecule has 0 N–H and O–H groups in total. The topological polar surface area (TPSA) is 31.4 Å². The van der Waals surface area contributed by atoms with E-state index in [-0.39, 0.29) is 5.15 Å². The molecule has 0 atom stereocenters. The highest BCUT2D eigenvalue weighted by atomic mass is 35.5. The van der Waals surface area contributed by atoms with Crippen molar-refractivity contribution in [1.82, 2.24) is 4.98 Å². The number of benzene rings is 1. The second-order valence-corrected chi connectivity index (χ2v) is 4.87. The Labute approximate surface area is 126 Å². The molecule has 0 saturated heterocycles. The van der Waals surface area contributed by atoms with Gasteiger partial charge in [0, 0.05) is 11.6 Å². The van der Waals surface area contributed by atoms with Gasteiger partial charge in [-0.1, -0.05) is 34.8 Å². The first kappa shape index (κ1) is 14.3. The minimum Gasteiger partial charge on any atom is -0.497 e. The SMILES string of the molecule is COc1cc(OC)cc(-c2nc(Cl)c(Cl)cc2Cl)c1. The fraction of sp³-hybridized carbons (Fsp3) is 0.154. The maximum Gasteiger partial charge on any atom is 0.148 e. The summed E-state index contributed by atoms with van der Waals surface area (Å²) >= 11 is 17.9. The molecule has 19 heavy (non-hydrogen) atoms. The predicted octanol–water partition coefficient (Wildman–Crippen LogP) is 4.73. The molecule has 0 aliphatic heterocycles. The van der Waals surface area contributed by atoms with Crippen LogP contribution in [0, 0.1) is 0 Å². The van der Waals surface area contributed by atoms with E-state index in [1.54, 1.807) is 38.5 Å². The number of halogens is 3. The Bertz CT molecular complexity index is 595. The summed E-state index contributed by atoms with van der Waals surface area (Å²) in [4.78, 5) is 4.18. The highest BCUT2D eigenvalue weighted by Crippen LogP contribution is 2.35. The molecule has 0 saturated carbocycles. The van der Waals surface area contributed by atoms with Crippen LogP contribution in [0.4, 0.5) is 0 Å². The first-order valence-electron chi connectivity index (χ1n) is 5.30. The van der Waals surface area contributed by atoms with E-state index in [1.807, 2.05) is 0 Å². The van der Waals surface area contributed by atoms with Crippen molar-refractivity contribution in [2.75, 3.05) is 14.2 Å². The van der Waals surface area contributed by atoms with Crippen LogP contribution in [-0.4, -0.2) is 19.2 Å². The van der Waals surface area contributed by atoms with Gasteiger partial charge >= 0.3 is 0 Å². The van der Waals surface area contributed by atoms with Crippen molar-refractivity contribution >= 4 is 34.8 Å². The molecule has 100 valence electrons. The standard InChI is InChI=1S/C13H10Cl3NO2/c1-18-8-3-7(4-9(5-8)19-2)12-10(14)6-11(15)13(16)17-12/h3-6H,1-2H3. The third-order valence-corrected chi connectivity index (χ3v) is 3.47. The van der Waals surface area contributed by atoms with E-state index in [0.29, 0.717) is 27.2 Å². The molecule has 6 heteroatoms. The van der Waals surface area contributed by atoms with Crippen molar-refractivity contribution < 1.29 is 9.47 Å². The quantitative estimate of drug-likeness (QED) is 0.767. The van der Waals surface area contributed by atoms with E-state index >= 15 is 0 Å². The Morgan fingerprint density at radius 3 is 1.95 bits per heavy atom. The van der Waals surface area contributed by atoms with Gasteiger partial charge < -0.3 is 9.47 Å². The summed E-state index contributed by atoms with van der Waals surface area (Å²) in [6.07, 6.45) is 0. The largest absolute Gasteiger partial charge is 0.497 e. The number of ether oxygens (including phenoxy) is 2. The Morgan fingerprint density at radius 1 is 0.842 bits per heavy atom. The molecule has 1 heterocycles. The molecule has 0 aliphatic rings. The van der Waals surface area contributed by atoms with Gasteiger partial charge in [0.2, 0.25) is 0 Å². The van der Waals surface area contributed by atoms with Crippen LogP contribution in [0.1, 0.15) is 0 Å². The molecule has 0 radical (unpaired) electrons. The van der Waals surface area contributed by atoms with E-state index in [9.17, 15) is 0 Å². The number of hydrogen-bond acceptors (Lipinski definition) is 3. The van der Waals surface area contributed by atoms with Gasteiger partial charge in [0.05, 0.1) is 30.0 Å². The first-order valence-corrected chi connectivity index (χ1v) is 6.43. The highest BCUT2D eigenvalue weighted by molar-refractivity contribution is 6.42. The smallest absolute Gasteiger partial charge is 0.148 e. The Hall–Kier alpha value is -1.16. The van der Waals surface area contributed by atoms with Gasteiger partial charge in [0.1, 0.15) is 16.7 Å². The van der Waals surface area contributed by atoms with Crippen molar-refractivity contribution in [3.05, 3.63) is 39.5 Å². The van der Waals surface area contributed by atoms with Gasteiger partial charge in [0.25, 0.3) is 0 Å². The van der Waals surface area contributed by atoms with Gasteiger partial charge in [0.15, 0.2) is 0 Å². The first-order chi connectivity index (χ1) is 9.05. The number of hydrogen-bond donors (Lipinski definition) is 0. The van der Waals surface area contributed by atoms with Crippen LogP contribution in [0.25, 0.3) is 11.3 Å². The van der Waals surface area contributed by atoms with E-state index in [4.69, 9.17) is 44.3 Å². The second kappa shape index (κ2) is 5.87. The molecule has 3 nitrogen and oxygen atoms in total. The maximum atomic E-state index is 6.14. The molecular formula is C13H10Cl3NO2. The summed E-state index contributed by atoms with van der Waals surface area (Å²) in [6, 6.07) is 6.90. The molecule has 0 spiro atoms. The van der Waals surface area contributed by atoms with Gasteiger partial charge in [-0.15, -0.1) is 0 Å². The average molecular weight is 319 g/mol. The van der Waals surface area contributed by atoms with E-state index in [0.717, 1.165) is 5.56 Å². The highest BCUT2D eigenvalue weighted by Gasteiger charge is 2.12. The molecule has 0 fully saturated rings. The minimum atomic E-state index is 0.197. The van der Waals surface area contributed by atoms with Crippen molar-refractivity contribution in [2.45, 2.75) is 0 Å². The molecule has 1 aromatic carbocycles. The number of pyridine rings is 1. The lowest BCUT2D eigenvalue weighted by Crippen LogP contribution is -1.91. The zero-order valence-electron chi connectivity index (χ0n) is 10.2. The van der Waals surface area contributed by atoms with Crippen molar-refractivity contribution in [3.8, 4) is 22.8 Å². The summed E-state index contributed by atoms with van der Waals surface area (Å²) < 4.78 is 10.4. The monoisotopic (exact) mass is 317 g/mol. The van der Waals surface area contributed by atoms with Crippen LogP contribution in [0.5, 0.6) is 11.5 Å². The van der Waals surface area contributed by atoms with Crippen molar-refractivity contribution in [2.24, 2.45) is 0 Å². The number of aromatic nitrogens is 1. The zero-order chi connectivity index (χ0) is 14.0. The Morgan fingerprint density at radius 2 is 1.42 bits per heavy atom. The lowest BCUT2D eigenvalue weighted by molar-refractivity contribution is 0.394. The fourth-order valence-corrected chi connectivity index (χ4v) is 2.20. The van der Waals surface area contributed by atoms with Crippen LogP contribution in [0.3, 0.4) is 0 Å². The summed E-state index contributed by atoms with van der Waals surface area (Å²) in [6.45, 7) is 0. The zero-order valence-corrected chi connectivity index (χ0v) is 12.5. The average Bonchev–Trinajstić information content (AvgIpc) is 2.42. The minimum absolute atomic E-state index is 0.197. The third kappa shape index (κ3) is 3.06. The molecule has 0 amide bonds. The van der Waals surface area contributed by atoms with Crippen molar-refractivity contribution in [1.29, 1.82) is 0 Å². The van der Waals surface area contributed by atoms with Crippen LogP contribution in [-0.2, 0) is 0 Å². The van der Waals surface area contributed by atoms with E-state index < -0.39 is 0 Å². The molecule has 0 aliphatic carbocycles. The molecule has 0 bridgehead atoms. The molecule has 2 aromatic rings. The van der Waals surface area contributed by atoms with Gasteiger partial charge in [-0.2, -0.15) is 0 Å². The summed E-state index contributed by atoms with van der Waals surface area (Å²) in [5.74, 6) is 1.27. The molecular weight excluding hydrogens is 309 g/mol. The van der Waals surface area contributed by atoms with Crippen LogP contribution < -0.4 is 9.47 Å². The second-order valence-electron chi connectivity index (χ2n) is 3.69. The van der Waals surface area contributed by atoms with Crippen LogP contribution in [0.15, 0.2) is 24.3 Å². The third-order valence-electron chi connectivity index (χ3n) is 2.51.